The minimum atomic E-state index is 0.208. The summed E-state index contributed by atoms with van der Waals surface area (Å²) in [7, 11) is 0. The molecule has 3 aromatic rings. The molecular weight excluding hydrogens is 280 g/mol. The van der Waals surface area contributed by atoms with E-state index in [0.717, 1.165) is 18.4 Å². The lowest BCUT2D eigenvalue weighted by atomic mass is 9.99. The van der Waals surface area contributed by atoms with E-state index in [9.17, 15) is 4.79 Å². The van der Waals surface area contributed by atoms with Crippen LogP contribution in [0.25, 0.3) is 0 Å². The van der Waals surface area contributed by atoms with Crippen LogP contribution >= 0.6 is 0 Å². The SMILES string of the molecule is O=C(CCc1ccccc1)c1ccc(Cc2ccccc2)cc1. The zero-order valence-electron chi connectivity index (χ0n) is 13.1. The molecule has 3 aromatic carbocycles. The van der Waals surface area contributed by atoms with E-state index in [1.807, 2.05) is 36.4 Å². The monoisotopic (exact) mass is 300 g/mol. The van der Waals surface area contributed by atoms with E-state index in [2.05, 4.69) is 48.5 Å². The number of hydrogen-bond donors (Lipinski definition) is 0. The van der Waals surface area contributed by atoms with Gasteiger partial charge < -0.3 is 0 Å². The lowest BCUT2D eigenvalue weighted by Crippen LogP contribution is -2.01. The van der Waals surface area contributed by atoms with Crippen LogP contribution in [0.2, 0.25) is 0 Å². The number of carbonyl (C=O) groups excluding carboxylic acids is 1. The standard InChI is InChI=1S/C22H20O/c23-22(16-13-18-7-3-1-4-8-18)21-14-11-20(12-15-21)17-19-9-5-2-6-10-19/h1-12,14-15H,13,16-17H2. The minimum absolute atomic E-state index is 0.208. The summed E-state index contributed by atoms with van der Waals surface area (Å²) in [5.74, 6) is 0.208. The maximum Gasteiger partial charge on any atom is 0.163 e. The molecule has 0 radical (unpaired) electrons. The Balaban J connectivity index is 1.59. The Morgan fingerprint density at radius 1 is 0.609 bits per heavy atom. The third-order valence-corrected chi connectivity index (χ3v) is 4.01. The first-order valence-corrected chi connectivity index (χ1v) is 8.01. The predicted molar refractivity (Wildman–Crippen MR) is 94.8 cm³/mol. The fourth-order valence-electron chi connectivity index (χ4n) is 2.69. The Kier molecular flexibility index (Phi) is 5.00. The van der Waals surface area contributed by atoms with Crippen LogP contribution in [0.4, 0.5) is 0 Å². The molecule has 0 saturated carbocycles. The smallest absolute Gasteiger partial charge is 0.163 e. The van der Waals surface area contributed by atoms with Gasteiger partial charge in [-0.2, -0.15) is 0 Å². The minimum Gasteiger partial charge on any atom is -0.294 e. The Bertz CT molecular complexity index is 743. The lowest BCUT2D eigenvalue weighted by molar-refractivity contribution is 0.0983. The topological polar surface area (TPSA) is 17.1 Å². The van der Waals surface area contributed by atoms with Gasteiger partial charge >= 0.3 is 0 Å². The number of benzene rings is 3. The molecule has 23 heavy (non-hydrogen) atoms. The number of ketones is 1. The molecule has 0 aromatic heterocycles. The number of carbonyl (C=O) groups is 1. The first-order chi connectivity index (χ1) is 11.3. The molecule has 0 heterocycles. The lowest BCUT2D eigenvalue weighted by Gasteiger charge is -2.05. The van der Waals surface area contributed by atoms with Gasteiger partial charge in [0.15, 0.2) is 5.78 Å². The molecule has 0 aliphatic carbocycles. The second kappa shape index (κ2) is 7.55. The van der Waals surface area contributed by atoms with Gasteiger partial charge in [0.2, 0.25) is 0 Å². The van der Waals surface area contributed by atoms with E-state index < -0.39 is 0 Å². The van der Waals surface area contributed by atoms with Crippen molar-refractivity contribution in [1.82, 2.24) is 0 Å². The van der Waals surface area contributed by atoms with Gasteiger partial charge in [0, 0.05) is 12.0 Å². The first kappa shape index (κ1) is 15.2. The third kappa shape index (κ3) is 4.40. The first-order valence-electron chi connectivity index (χ1n) is 8.01. The molecule has 0 saturated heterocycles. The molecule has 0 aliphatic heterocycles. The molecule has 0 spiro atoms. The van der Waals surface area contributed by atoms with Crippen LogP contribution in [0.5, 0.6) is 0 Å². The van der Waals surface area contributed by atoms with Gasteiger partial charge in [-0.3, -0.25) is 4.79 Å². The Hall–Kier alpha value is -2.67. The largest absolute Gasteiger partial charge is 0.294 e. The summed E-state index contributed by atoms with van der Waals surface area (Å²) < 4.78 is 0. The van der Waals surface area contributed by atoms with Gasteiger partial charge in [-0.1, -0.05) is 84.9 Å². The highest BCUT2D eigenvalue weighted by atomic mass is 16.1. The summed E-state index contributed by atoms with van der Waals surface area (Å²) in [5, 5.41) is 0. The van der Waals surface area contributed by atoms with Crippen molar-refractivity contribution >= 4 is 5.78 Å². The van der Waals surface area contributed by atoms with Crippen molar-refractivity contribution in [3.05, 3.63) is 107 Å². The van der Waals surface area contributed by atoms with Crippen molar-refractivity contribution in [2.24, 2.45) is 0 Å². The normalized spacial score (nSPS) is 10.4. The van der Waals surface area contributed by atoms with Crippen LogP contribution in [-0.4, -0.2) is 5.78 Å². The molecule has 114 valence electrons. The number of rotatable bonds is 6. The highest BCUT2D eigenvalue weighted by Crippen LogP contribution is 2.13. The number of Topliss-reactive ketones (excluding diaryl/α,β-unsaturated/α-hetero) is 1. The van der Waals surface area contributed by atoms with E-state index in [1.165, 1.54) is 16.7 Å². The molecule has 0 fully saturated rings. The Labute approximate surface area is 137 Å². The van der Waals surface area contributed by atoms with Crippen molar-refractivity contribution in [2.45, 2.75) is 19.3 Å². The van der Waals surface area contributed by atoms with E-state index in [-0.39, 0.29) is 5.78 Å². The zero-order valence-corrected chi connectivity index (χ0v) is 13.1. The van der Waals surface area contributed by atoms with Crippen molar-refractivity contribution in [3.63, 3.8) is 0 Å². The number of hydrogen-bond acceptors (Lipinski definition) is 1. The Morgan fingerprint density at radius 2 is 1.13 bits per heavy atom. The van der Waals surface area contributed by atoms with Crippen molar-refractivity contribution in [2.75, 3.05) is 0 Å². The van der Waals surface area contributed by atoms with E-state index in [4.69, 9.17) is 0 Å². The van der Waals surface area contributed by atoms with Crippen molar-refractivity contribution < 1.29 is 4.79 Å². The Morgan fingerprint density at radius 3 is 1.74 bits per heavy atom. The zero-order chi connectivity index (χ0) is 15.9. The van der Waals surface area contributed by atoms with Gasteiger partial charge in [0.1, 0.15) is 0 Å². The fraction of sp³-hybridized carbons (Fsp3) is 0.136. The summed E-state index contributed by atoms with van der Waals surface area (Å²) >= 11 is 0. The predicted octanol–water partition coefficient (Wildman–Crippen LogP) is 5.09. The van der Waals surface area contributed by atoms with Crippen LogP contribution in [-0.2, 0) is 12.8 Å². The van der Waals surface area contributed by atoms with Crippen LogP contribution in [0.15, 0.2) is 84.9 Å². The number of aryl methyl sites for hydroxylation is 1. The maximum atomic E-state index is 12.3. The van der Waals surface area contributed by atoms with E-state index >= 15 is 0 Å². The highest BCUT2D eigenvalue weighted by molar-refractivity contribution is 5.96. The molecule has 0 unspecified atom stereocenters. The van der Waals surface area contributed by atoms with Crippen LogP contribution < -0.4 is 0 Å². The van der Waals surface area contributed by atoms with Gasteiger partial charge in [-0.05, 0) is 29.5 Å². The van der Waals surface area contributed by atoms with Crippen LogP contribution in [0.1, 0.15) is 33.5 Å². The molecule has 1 heteroatoms. The van der Waals surface area contributed by atoms with Gasteiger partial charge in [0.25, 0.3) is 0 Å². The van der Waals surface area contributed by atoms with Gasteiger partial charge in [-0.15, -0.1) is 0 Å². The van der Waals surface area contributed by atoms with Crippen molar-refractivity contribution in [1.29, 1.82) is 0 Å². The second-order valence-corrected chi connectivity index (χ2v) is 5.77. The second-order valence-electron chi connectivity index (χ2n) is 5.77. The molecule has 0 bridgehead atoms. The van der Waals surface area contributed by atoms with Crippen LogP contribution in [0.3, 0.4) is 0 Å². The van der Waals surface area contributed by atoms with Gasteiger partial charge in [0.05, 0.1) is 0 Å². The molecule has 0 atom stereocenters. The average Bonchev–Trinajstić information content (AvgIpc) is 2.62. The van der Waals surface area contributed by atoms with Gasteiger partial charge in [-0.25, -0.2) is 0 Å². The molecule has 0 amide bonds. The molecular formula is C22H20O. The summed E-state index contributed by atoms with van der Waals surface area (Å²) in [6, 6.07) is 28.5. The maximum absolute atomic E-state index is 12.3. The van der Waals surface area contributed by atoms with Crippen molar-refractivity contribution in [3.8, 4) is 0 Å². The third-order valence-electron chi connectivity index (χ3n) is 4.01. The highest BCUT2D eigenvalue weighted by Gasteiger charge is 2.06. The summed E-state index contributed by atoms with van der Waals surface area (Å²) in [5.41, 5.74) is 4.53. The molecule has 1 nitrogen and oxygen atoms in total. The molecule has 0 N–H and O–H groups in total. The summed E-state index contributed by atoms with van der Waals surface area (Å²) in [6.07, 6.45) is 2.26. The van der Waals surface area contributed by atoms with E-state index in [0.29, 0.717) is 6.42 Å². The quantitative estimate of drug-likeness (QED) is 0.579. The molecule has 3 rings (SSSR count). The fourth-order valence-corrected chi connectivity index (χ4v) is 2.69. The average molecular weight is 300 g/mol. The molecule has 0 aliphatic rings. The summed E-state index contributed by atoms with van der Waals surface area (Å²) in [4.78, 5) is 12.3. The summed E-state index contributed by atoms with van der Waals surface area (Å²) in [6.45, 7) is 0. The van der Waals surface area contributed by atoms with Crippen LogP contribution in [0, 0.1) is 0 Å². The van der Waals surface area contributed by atoms with E-state index in [1.54, 1.807) is 0 Å².